The van der Waals surface area contributed by atoms with E-state index in [1.54, 1.807) is 42.5 Å². The highest BCUT2D eigenvalue weighted by Gasteiger charge is 2.31. The molecule has 4 atom stereocenters. The molecular weight excluding hydrogens is 815 g/mol. The van der Waals surface area contributed by atoms with Crippen LogP contribution in [0.4, 0.5) is 10.5 Å². The van der Waals surface area contributed by atoms with E-state index in [9.17, 15) is 43.8 Å². The fraction of sp³-hybridized carbons (Fsp3) is 0.488. The number of carbonyl (C=O) groups excluding carboxylic acids is 5. The number of carboxylic acids is 2. The number of carboxylic acid groups (broad SMARTS) is 2. The van der Waals surface area contributed by atoms with Gasteiger partial charge in [-0.1, -0.05) is 36.8 Å². The number of Topliss-reactive ketones (excluding diaryl/α,β-unsaturated/α-hetero) is 1. The first-order valence-corrected chi connectivity index (χ1v) is 21.5. The summed E-state index contributed by atoms with van der Waals surface area (Å²) in [5, 5.41) is 30.7. The van der Waals surface area contributed by atoms with Crippen LogP contribution in [0.5, 0.6) is 0 Å². The van der Waals surface area contributed by atoms with Crippen LogP contribution in [-0.2, 0) is 40.1 Å². The second-order valence-corrected chi connectivity index (χ2v) is 16.7. The van der Waals surface area contributed by atoms with Crippen molar-refractivity contribution >= 4 is 85.6 Å². The molecule has 0 radical (unpaired) electrons. The Morgan fingerprint density at radius 3 is 2.33 bits per heavy atom. The molecule has 0 saturated carbocycles. The maximum atomic E-state index is 14.2. The van der Waals surface area contributed by atoms with Crippen LogP contribution in [0.25, 0.3) is 10.2 Å². The van der Waals surface area contributed by atoms with Crippen molar-refractivity contribution in [3.05, 3.63) is 59.1 Å². The van der Waals surface area contributed by atoms with Gasteiger partial charge in [0, 0.05) is 43.7 Å². The number of hydrogen-bond donors (Lipinski definition) is 6. The van der Waals surface area contributed by atoms with Crippen LogP contribution < -0.4 is 21.3 Å². The first-order valence-electron chi connectivity index (χ1n) is 19.7. The van der Waals surface area contributed by atoms with E-state index >= 15 is 0 Å². The van der Waals surface area contributed by atoms with E-state index in [4.69, 9.17) is 4.74 Å². The van der Waals surface area contributed by atoms with E-state index in [0.717, 1.165) is 11.2 Å². The van der Waals surface area contributed by atoms with Gasteiger partial charge < -0.3 is 41.1 Å². The summed E-state index contributed by atoms with van der Waals surface area (Å²) in [6.45, 7) is 2.45. The Morgan fingerprint density at radius 2 is 1.65 bits per heavy atom. The number of aliphatic imine (C=N–C) groups is 1. The van der Waals surface area contributed by atoms with Crippen LogP contribution in [0.15, 0.2) is 53.5 Å². The number of nitrogens with one attached hydrogen (secondary N) is 4. The Kier molecular flexibility index (Phi) is 18.9. The predicted molar refractivity (Wildman–Crippen MR) is 229 cm³/mol. The number of rotatable bonds is 25. The number of carbonyl (C=O) groups is 7. The van der Waals surface area contributed by atoms with Gasteiger partial charge in [0.2, 0.25) is 17.7 Å². The largest absolute Gasteiger partial charge is 0.481 e. The highest BCUT2D eigenvalue weighted by atomic mass is 32.2. The molecule has 1 aliphatic rings. The van der Waals surface area contributed by atoms with E-state index < -0.39 is 66.1 Å². The first kappa shape index (κ1) is 47.3. The third-order valence-corrected chi connectivity index (χ3v) is 11.7. The first-order chi connectivity index (χ1) is 28.7. The molecule has 324 valence electrons. The van der Waals surface area contributed by atoms with E-state index in [2.05, 4.69) is 31.2 Å². The van der Waals surface area contributed by atoms with Crippen LogP contribution >= 0.6 is 23.1 Å². The van der Waals surface area contributed by atoms with E-state index in [1.807, 2.05) is 25.1 Å². The number of benzene rings is 2. The number of aromatic nitrogens is 1. The highest BCUT2D eigenvalue weighted by molar-refractivity contribution is 8.15. The Bertz CT molecular complexity index is 2010. The van der Waals surface area contributed by atoms with Crippen molar-refractivity contribution in [1.82, 2.24) is 25.8 Å². The summed E-state index contributed by atoms with van der Waals surface area (Å²) in [6.07, 6.45) is 0.992. The number of amides is 4. The van der Waals surface area contributed by atoms with Crippen LogP contribution in [-0.4, -0.2) is 118 Å². The molecule has 0 spiro atoms. The van der Waals surface area contributed by atoms with Crippen LogP contribution in [0, 0.1) is 5.92 Å². The summed E-state index contributed by atoms with van der Waals surface area (Å²) in [5.41, 5.74) is 1.82. The lowest BCUT2D eigenvalue weighted by Crippen LogP contribution is -2.52. The molecule has 0 aliphatic carbocycles. The van der Waals surface area contributed by atoms with Gasteiger partial charge in [0.15, 0.2) is 11.8 Å². The van der Waals surface area contributed by atoms with Crippen LogP contribution in [0.1, 0.15) is 75.3 Å². The lowest BCUT2D eigenvalue weighted by atomic mass is 9.90. The summed E-state index contributed by atoms with van der Waals surface area (Å²) in [7, 11) is 3.83. The van der Waals surface area contributed by atoms with E-state index in [0.29, 0.717) is 71.2 Å². The molecule has 1 aromatic heterocycles. The monoisotopic (exact) mass is 867 g/mol. The molecule has 0 fully saturated rings. The molecule has 17 nitrogen and oxygen atoms in total. The van der Waals surface area contributed by atoms with Crippen molar-refractivity contribution in [2.75, 3.05) is 38.3 Å². The number of unbranched alkanes of at least 4 members (excludes halogenated alkanes) is 2. The van der Waals surface area contributed by atoms with Gasteiger partial charge in [-0.25, -0.2) is 14.6 Å². The minimum absolute atomic E-state index is 0.0792. The van der Waals surface area contributed by atoms with Crippen molar-refractivity contribution in [2.24, 2.45) is 10.9 Å². The number of ketones is 1. The molecule has 4 rings (SSSR count). The van der Waals surface area contributed by atoms with E-state index in [1.165, 1.54) is 30.0 Å². The predicted octanol–water partition coefficient (Wildman–Crippen LogP) is 4.44. The Balaban J connectivity index is 1.50. The molecule has 3 aromatic rings. The van der Waals surface area contributed by atoms with Gasteiger partial charge in [-0.2, -0.15) is 0 Å². The fourth-order valence-corrected chi connectivity index (χ4v) is 8.35. The zero-order valence-electron chi connectivity index (χ0n) is 33.9. The number of fused-ring (bicyclic) bond motifs is 1. The standard InChI is InChI=1S/C41H53N7O10S2/c1-25(49)42-19-9-7-13-27(36(53)43-28-15-16-30-34(22-28)60-39(45-30)38-46-32(24-59-38)40(55)56)21-33(50)29(14-8-10-20-48(2)3)44-37(54)31(17-18-35(51)52)47-41(57)58-23-26-11-5-4-6-12-26/h4-6,11-12,15-16,22,27,29,31-32H,7-10,13-14,17-21,23-24H2,1-3H3,(H,42,49)(H,43,53)(H,44,54)(H,47,57)(H,51,52)(H,55,56)/t27-,29+,31+,32-/m1/s1. The van der Waals surface area contributed by atoms with Crippen LogP contribution in [0.2, 0.25) is 0 Å². The number of thiazole rings is 1. The number of aliphatic carboxylic acids is 2. The van der Waals surface area contributed by atoms with Gasteiger partial charge in [0.05, 0.1) is 16.3 Å². The van der Waals surface area contributed by atoms with Gasteiger partial charge in [-0.3, -0.25) is 29.0 Å². The molecule has 6 N–H and O–H groups in total. The number of ether oxygens (including phenoxy) is 1. The number of anilines is 1. The molecule has 2 heterocycles. The molecule has 4 amide bonds. The minimum atomic E-state index is -1.32. The normalized spacial score (nSPS) is 15.1. The number of hydrogen-bond acceptors (Lipinski definition) is 13. The summed E-state index contributed by atoms with van der Waals surface area (Å²) in [5.74, 6) is -4.46. The quantitative estimate of drug-likeness (QED) is 0.0646. The second kappa shape index (κ2) is 24.0. The third-order valence-electron chi connectivity index (χ3n) is 9.47. The summed E-state index contributed by atoms with van der Waals surface area (Å²) < 4.78 is 6.02. The summed E-state index contributed by atoms with van der Waals surface area (Å²) in [6, 6.07) is 10.8. The van der Waals surface area contributed by atoms with Gasteiger partial charge >= 0.3 is 18.0 Å². The fourth-order valence-electron chi connectivity index (χ4n) is 6.25. The second-order valence-electron chi connectivity index (χ2n) is 14.7. The van der Waals surface area contributed by atoms with Crippen molar-refractivity contribution in [3.63, 3.8) is 0 Å². The summed E-state index contributed by atoms with van der Waals surface area (Å²) in [4.78, 5) is 99.8. The molecule has 2 aromatic carbocycles. The van der Waals surface area contributed by atoms with Gasteiger partial charge in [0.1, 0.15) is 22.7 Å². The lowest BCUT2D eigenvalue weighted by Gasteiger charge is -2.24. The minimum Gasteiger partial charge on any atom is -0.481 e. The summed E-state index contributed by atoms with van der Waals surface area (Å²) >= 11 is 2.64. The Hall–Kier alpha value is -5.40. The average molecular weight is 868 g/mol. The number of alkyl carbamates (subject to hydrolysis) is 1. The topological polar surface area (TPSA) is 246 Å². The molecular formula is C41H53N7O10S2. The maximum Gasteiger partial charge on any atom is 0.408 e. The SMILES string of the molecule is CC(=O)NCCCC[C@H](CC(=O)[C@H](CCCCN(C)C)NC(=O)[C@H](CCC(=O)O)NC(=O)OCc1ccccc1)C(=O)Nc1ccc2nc(C3=N[C@@H](C(=O)O)CS3)sc2c1. The van der Waals surface area contributed by atoms with Crippen molar-refractivity contribution in [2.45, 2.75) is 89.4 Å². The molecule has 0 bridgehead atoms. The van der Waals surface area contributed by atoms with Crippen molar-refractivity contribution in [1.29, 1.82) is 0 Å². The molecule has 0 unspecified atom stereocenters. The maximum absolute atomic E-state index is 14.2. The van der Waals surface area contributed by atoms with E-state index in [-0.39, 0.29) is 31.8 Å². The number of nitrogens with zero attached hydrogens (tertiary/aromatic N) is 3. The van der Waals surface area contributed by atoms with Crippen molar-refractivity contribution in [3.8, 4) is 0 Å². The van der Waals surface area contributed by atoms with Crippen molar-refractivity contribution < 1.29 is 48.5 Å². The average Bonchev–Trinajstić information content (AvgIpc) is 3.87. The zero-order valence-corrected chi connectivity index (χ0v) is 35.6. The Labute approximate surface area is 356 Å². The molecule has 60 heavy (non-hydrogen) atoms. The smallest absolute Gasteiger partial charge is 0.408 e. The molecule has 0 saturated heterocycles. The van der Waals surface area contributed by atoms with Gasteiger partial charge in [-0.15, -0.1) is 23.1 Å². The van der Waals surface area contributed by atoms with Gasteiger partial charge in [-0.05, 0) is 82.9 Å². The third kappa shape index (κ3) is 16.0. The molecule has 19 heteroatoms. The zero-order chi connectivity index (χ0) is 43.6. The highest BCUT2D eigenvalue weighted by Crippen LogP contribution is 2.31. The van der Waals surface area contributed by atoms with Gasteiger partial charge in [0.25, 0.3) is 0 Å². The lowest BCUT2D eigenvalue weighted by molar-refractivity contribution is -0.138. The Morgan fingerprint density at radius 1 is 0.900 bits per heavy atom. The number of thioether (sulfide) groups is 1. The molecule has 1 aliphatic heterocycles. The van der Waals surface area contributed by atoms with Crippen LogP contribution in [0.3, 0.4) is 0 Å².